The molecule has 0 bridgehead atoms. The van der Waals surface area contributed by atoms with Crippen LogP contribution in [-0.2, 0) is 23.8 Å². The summed E-state index contributed by atoms with van der Waals surface area (Å²) in [5.41, 5.74) is 0. The topological polar surface area (TPSA) is 175 Å². The van der Waals surface area contributed by atoms with Gasteiger partial charge < -0.3 is 45.1 Å². The largest absolute Gasteiger partial charge is 0.466 e. The van der Waals surface area contributed by atoms with Crippen LogP contribution in [0.25, 0.3) is 0 Å². The predicted molar refractivity (Wildman–Crippen MR) is 301 cm³/mol. The van der Waals surface area contributed by atoms with E-state index in [-0.39, 0.29) is 18.5 Å². The number of carbonyl (C=O) groups is 2. The van der Waals surface area contributed by atoms with Gasteiger partial charge in [-0.3, -0.25) is 9.59 Å². The van der Waals surface area contributed by atoms with Crippen LogP contribution < -0.4 is 5.32 Å². The van der Waals surface area contributed by atoms with E-state index in [0.29, 0.717) is 19.4 Å². The highest BCUT2D eigenvalue weighted by Crippen LogP contribution is 2.23. The Kier molecular flexibility index (Phi) is 48.6. The maximum absolute atomic E-state index is 13.0. The molecule has 0 saturated carbocycles. The van der Waals surface area contributed by atoms with Crippen molar-refractivity contribution in [2.75, 3.05) is 19.8 Å². The number of esters is 1. The van der Waals surface area contributed by atoms with Crippen LogP contribution in [0.1, 0.15) is 271 Å². The average Bonchev–Trinajstić information content (AvgIpc) is 3.39. The average molecular weight is 1030 g/mol. The molecule has 0 aromatic heterocycles. The number of ether oxygens (including phenoxy) is 3. The molecule has 0 aromatic carbocycles. The minimum atomic E-state index is -1.57. The lowest BCUT2D eigenvalue weighted by Crippen LogP contribution is -2.60. The van der Waals surface area contributed by atoms with Gasteiger partial charge in [0.2, 0.25) is 5.91 Å². The van der Waals surface area contributed by atoms with E-state index in [1.807, 2.05) is 6.08 Å². The van der Waals surface area contributed by atoms with Gasteiger partial charge in [0, 0.05) is 12.8 Å². The van der Waals surface area contributed by atoms with Gasteiger partial charge in [0.05, 0.1) is 32.0 Å². The van der Waals surface area contributed by atoms with E-state index in [1.54, 1.807) is 6.08 Å². The van der Waals surface area contributed by atoms with E-state index in [4.69, 9.17) is 14.2 Å². The van der Waals surface area contributed by atoms with Crippen LogP contribution in [-0.4, -0.2) is 100 Å². The molecule has 7 unspecified atom stereocenters. The number of hydrogen-bond acceptors (Lipinski definition) is 10. The number of carbonyl (C=O) groups excluding carboxylic acids is 2. The first kappa shape index (κ1) is 68.6. The molecule has 0 aliphatic carbocycles. The van der Waals surface area contributed by atoms with Crippen molar-refractivity contribution < 1.29 is 49.3 Å². The number of unbranched alkanes of at least 4 members (excludes halogenated alkanes) is 32. The Hall–Kier alpha value is -2.38. The van der Waals surface area contributed by atoms with E-state index in [9.17, 15) is 35.1 Å². The van der Waals surface area contributed by atoms with Crippen molar-refractivity contribution in [3.05, 3.63) is 48.6 Å². The van der Waals surface area contributed by atoms with Gasteiger partial charge in [0.15, 0.2) is 6.29 Å². The number of aliphatic hydroxyl groups is 5. The summed E-state index contributed by atoms with van der Waals surface area (Å²) in [6.07, 6.45) is 55.1. The fourth-order valence-corrected chi connectivity index (χ4v) is 9.28. The monoisotopic (exact) mass is 1030 g/mol. The lowest BCUT2D eigenvalue weighted by atomic mass is 9.99. The Morgan fingerprint density at radius 1 is 0.507 bits per heavy atom. The molecule has 1 aliphatic rings. The smallest absolute Gasteiger partial charge is 0.305 e. The standard InChI is InChI=1S/C62H113NO10/c1-3-5-7-9-11-13-14-26-30-34-38-42-46-50-58(67)71-51-47-43-39-35-31-28-25-23-21-19-17-15-16-18-20-22-24-27-29-33-37-41-45-49-57(66)63-54(55(65)48-44-40-36-32-12-10-8-6-4-2)53-72-62-61(70)60(69)59(68)56(52-64)73-62/h13-15,17-18,20,44,48,54-56,59-62,64-65,68-70H,3-12,16,19,21-43,45-47,49-53H2,1-2H3,(H,63,66)/b14-13-,17-15-,20-18-,48-44+. The number of allylic oxidation sites excluding steroid dienone is 7. The zero-order valence-corrected chi connectivity index (χ0v) is 46.8. The Morgan fingerprint density at radius 2 is 0.918 bits per heavy atom. The molecule has 11 nitrogen and oxygen atoms in total. The van der Waals surface area contributed by atoms with Crippen molar-refractivity contribution in [2.45, 2.75) is 314 Å². The molecule has 6 N–H and O–H groups in total. The van der Waals surface area contributed by atoms with E-state index >= 15 is 0 Å². The van der Waals surface area contributed by atoms with Gasteiger partial charge >= 0.3 is 5.97 Å². The molecule has 1 rings (SSSR count). The van der Waals surface area contributed by atoms with E-state index in [0.717, 1.165) is 83.5 Å². The molecule has 1 heterocycles. The number of hydrogen-bond donors (Lipinski definition) is 6. The molecular weight excluding hydrogens is 919 g/mol. The van der Waals surface area contributed by atoms with E-state index in [1.165, 1.54) is 161 Å². The molecule has 1 saturated heterocycles. The SMILES string of the molecule is CCCCCC/C=C\CCCCCCCC(=O)OCCCCCCCCCCC/C=C\C/C=C\CCCCCCCCCC(=O)NC(COC1OC(CO)C(O)C(O)C1O)C(O)/C=C/CCCCCCCCC. The molecule has 0 radical (unpaired) electrons. The van der Waals surface area contributed by atoms with Crippen LogP contribution in [0.3, 0.4) is 0 Å². The van der Waals surface area contributed by atoms with Crippen molar-refractivity contribution in [2.24, 2.45) is 0 Å². The minimum absolute atomic E-state index is 0.0146. The Balaban J connectivity index is 2.03. The molecule has 73 heavy (non-hydrogen) atoms. The van der Waals surface area contributed by atoms with Crippen molar-refractivity contribution in [1.82, 2.24) is 5.32 Å². The second kappa shape index (κ2) is 51.7. The van der Waals surface area contributed by atoms with Crippen molar-refractivity contribution in [3.63, 3.8) is 0 Å². The fraction of sp³-hybridized carbons (Fsp3) is 0.839. The molecular formula is C62H113NO10. The fourth-order valence-electron chi connectivity index (χ4n) is 9.28. The molecule has 426 valence electrons. The van der Waals surface area contributed by atoms with Gasteiger partial charge in [-0.1, -0.05) is 217 Å². The third-order valence-electron chi connectivity index (χ3n) is 14.2. The number of aliphatic hydroxyl groups excluding tert-OH is 5. The summed E-state index contributed by atoms with van der Waals surface area (Å²) in [4.78, 5) is 25.0. The molecule has 0 aromatic rings. The van der Waals surface area contributed by atoms with Crippen molar-refractivity contribution in [1.29, 1.82) is 0 Å². The maximum atomic E-state index is 13.0. The maximum Gasteiger partial charge on any atom is 0.305 e. The van der Waals surface area contributed by atoms with Crippen LogP contribution in [0.15, 0.2) is 48.6 Å². The van der Waals surface area contributed by atoms with Crippen LogP contribution in [0.2, 0.25) is 0 Å². The summed E-state index contributed by atoms with van der Waals surface area (Å²) in [5, 5.41) is 54.2. The molecule has 1 fully saturated rings. The Bertz CT molecular complexity index is 1350. The first-order valence-electron chi connectivity index (χ1n) is 30.4. The summed E-state index contributed by atoms with van der Waals surface area (Å²) in [6.45, 7) is 4.28. The van der Waals surface area contributed by atoms with Gasteiger partial charge in [0.25, 0.3) is 0 Å². The first-order valence-corrected chi connectivity index (χ1v) is 30.4. The zero-order valence-electron chi connectivity index (χ0n) is 46.8. The van der Waals surface area contributed by atoms with E-state index in [2.05, 4.69) is 55.6 Å². The summed E-state index contributed by atoms with van der Waals surface area (Å²) < 4.78 is 16.7. The molecule has 1 aliphatic heterocycles. The highest BCUT2D eigenvalue weighted by molar-refractivity contribution is 5.76. The highest BCUT2D eigenvalue weighted by atomic mass is 16.7. The van der Waals surface area contributed by atoms with Crippen molar-refractivity contribution in [3.8, 4) is 0 Å². The van der Waals surface area contributed by atoms with Crippen LogP contribution in [0.4, 0.5) is 0 Å². The van der Waals surface area contributed by atoms with Gasteiger partial charge in [-0.2, -0.15) is 0 Å². The number of rotatable bonds is 52. The summed E-state index contributed by atoms with van der Waals surface area (Å²) >= 11 is 0. The lowest BCUT2D eigenvalue weighted by molar-refractivity contribution is -0.302. The molecule has 11 heteroatoms. The minimum Gasteiger partial charge on any atom is -0.466 e. The molecule has 1 amide bonds. The van der Waals surface area contributed by atoms with Crippen LogP contribution >= 0.6 is 0 Å². The van der Waals surface area contributed by atoms with Crippen LogP contribution in [0, 0.1) is 0 Å². The molecule has 0 spiro atoms. The number of amides is 1. The van der Waals surface area contributed by atoms with E-state index < -0.39 is 49.5 Å². The van der Waals surface area contributed by atoms with Gasteiger partial charge in [-0.25, -0.2) is 0 Å². The summed E-state index contributed by atoms with van der Waals surface area (Å²) in [7, 11) is 0. The summed E-state index contributed by atoms with van der Waals surface area (Å²) in [5.74, 6) is -0.210. The highest BCUT2D eigenvalue weighted by Gasteiger charge is 2.44. The zero-order chi connectivity index (χ0) is 53.1. The second-order valence-corrected chi connectivity index (χ2v) is 21.0. The Morgan fingerprint density at radius 3 is 1.41 bits per heavy atom. The van der Waals surface area contributed by atoms with Gasteiger partial charge in [-0.15, -0.1) is 0 Å². The lowest BCUT2D eigenvalue weighted by Gasteiger charge is -2.40. The normalized spacial score (nSPS) is 19.2. The van der Waals surface area contributed by atoms with Gasteiger partial charge in [0.1, 0.15) is 24.4 Å². The third-order valence-corrected chi connectivity index (χ3v) is 14.2. The third kappa shape index (κ3) is 41.5. The van der Waals surface area contributed by atoms with Crippen molar-refractivity contribution >= 4 is 11.9 Å². The quantitative estimate of drug-likeness (QED) is 0.0195. The summed E-state index contributed by atoms with van der Waals surface area (Å²) in [6, 6.07) is -0.817. The number of nitrogens with one attached hydrogen (secondary N) is 1. The first-order chi connectivity index (χ1) is 35.7. The molecule has 7 atom stereocenters. The predicted octanol–water partition coefficient (Wildman–Crippen LogP) is 14.1. The van der Waals surface area contributed by atoms with Crippen LogP contribution in [0.5, 0.6) is 0 Å². The Labute approximate surface area is 446 Å². The van der Waals surface area contributed by atoms with Gasteiger partial charge in [-0.05, 0) is 89.9 Å². The second-order valence-electron chi connectivity index (χ2n) is 21.0.